The Kier molecular flexibility index (Phi) is 8.38. The Morgan fingerprint density at radius 2 is 1.67 bits per heavy atom. The lowest BCUT2D eigenvalue weighted by Crippen LogP contribution is -2.36. The smallest absolute Gasteiger partial charge is 0.219 e. The molecule has 0 aromatic rings. The summed E-state index contributed by atoms with van der Waals surface area (Å²) in [5.41, 5.74) is 0. The van der Waals surface area contributed by atoms with E-state index in [1.807, 2.05) is 7.05 Å². The highest BCUT2D eigenvalue weighted by molar-refractivity contribution is 5.72. The normalized spacial score (nSPS) is 10.7. The summed E-state index contributed by atoms with van der Waals surface area (Å²) in [6.07, 6.45) is 3.68. The summed E-state index contributed by atoms with van der Waals surface area (Å²) >= 11 is 0. The Bertz CT molecular complexity index is 171. The minimum absolute atomic E-state index is 0.155. The summed E-state index contributed by atoms with van der Waals surface area (Å²) in [7, 11) is 1.87. The van der Waals surface area contributed by atoms with Crippen molar-refractivity contribution in [2.24, 2.45) is 0 Å². The van der Waals surface area contributed by atoms with Crippen LogP contribution in [0.25, 0.3) is 0 Å². The molecule has 90 valence electrons. The Hall–Kier alpha value is -0.570. The van der Waals surface area contributed by atoms with Gasteiger partial charge in [0.05, 0.1) is 0 Å². The van der Waals surface area contributed by atoms with Crippen molar-refractivity contribution in [2.75, 3.05) is 33.2 Å². The number of hydrogen-bond acceptors (Lipinski definition) is 2. The molecule has 0 radical (unpaired) electrons. The van der Waals surface area contributed by atoms with E-state index >= 15 is 0 Å². The first-order chi connectivity index (χ1) is 7.11. The molecule has 0 atom stereocenters. The first-order valence-electron chi connectivity index (χ1n) is 6.05. The molecule has 0 aromatic heterocycles. The molecular weight excluding hydrogens is 188 g/mol. The van der Waals surface area contributed by atoms with Gasteiger partial charge in [0.25, 0.3) is 0 Å². The molecule has 0 rings (SSSR count). The zero-order chi connectivity index (χ0) is 11.7. The van der Waals surface area contributed by atoms with Crippen LogP contribution < -0.4 is 0 Å². The highest BCUT2D eigenvalue weighted by atomic mass is 16.2. The number of hydrogen-bond donors (Lipinski definition) is 0. The number of carbonyl (C=O) groups is 1. The zero-order valence-corrected chi connectivity index (χ0v) is 10.8. The predicted octanol–water partition coefficient (Wildman–Crippen LogP) is 1.98. The van der Waals surface area contributed by atoms with E-state index in [0.29, 0.717) is 0 Å². The second-order valence-corrected chi connectivity index (χ2v) is 4.14. The fraction of sp³-hybridized carbons (Fsp3) is 0.917. The van der Waals surface area contributed by atoms with Crippen molar-refractivity contribution >= 4 is 5.91 Å². The van der Waals surface area contributed by atoms with Crippen molar-refractivity contribution in [1.29, 1.82) is 0 Å². The second-order valence-electron chi connectivity index (χ2n) is 4.14. The molecule has 0 fully saturated rings. The van der Waals surface area contributed by atoms with Gasteiger partial charge in [-0.15, -0.1) is 0 Å². The molecule has 0 aliphatic heterocycles. The van der Waals surface area contributed by atoms with Crippen LogP contribution in [-0.4, -0.2) is 48.9 Å². The first-order valence-corrected chi connectivity index (χ1v) is 6.05. The van der Waals surface area contributed by atoms with Crippen molar-refractivity contribution in [3.8, 4) is 0 Å². The molecule has 0 heterocycles. The van der Waals surface area contributed by atoms with Gasteiger partial charge in [-0.2, -0.15) is 0 Å². The van der Waals surface area contributed by atoms with E-state index in [4.69, 9.17) is 0 Å². The van der Waals surface area contributed by atoms with Crippen LogP contribution in [0.2, 0.25) is 0 Å². The van der Waals surface area contributed by atoms with Crippen molar-refractivity contribution < 1.29 is 4.79 Å². The number of unbranched alkanes of at least 4 members (excludes halogenated alkanes) is 1. The number of likely N-dealkylation sites (N-methyl/N-ethyl adjacent to an activating group) is 1. The van der Waals surface area contributed by atoms with E-state index in [-0.39, 0.29) is 5.91 Å². The van der Waals surface area contributed by atoms with E-state index in [0.717, 1.165) is 26.2 Å². The van der Waals surface area contributed by atoms with Crippen molar-refractivity contribution in [3.63, 3.8) is 0 Å². The number of carbonyl (C=O) groups excluding carboxylic acids is 1. The lowest BCUT2D eigenvalue weighted by molar-refractivity contribution is -0.127. The summed E-state index contributed by atoms with van der Waals surface area (Å²) in [5, 5.41) is 0. The van der Waals surface area contributed by atoms with Crippen molar-refractivity contribution in [1.82, 2.24) is 9.80 Å². The van der Waals surface area contributed by atoms with Crippen LogP contribution in [0.4, 0.5) is 0 Å². The fourth-order valence-corrected chi connectivity index (χ4v) is 1.48. The number of amides is 1. The SMILES string of the molecule is CCCCN(CCC)CCN(C)C(C)=O. The van der Waals surface area contributed by atoms with Crippen LogP contribution in [0, 0.1) is 0 Å². The van der Waals surface area contributed by atoms with Crippen molar-refractivity contribution in [3.05, 3.63) is 0 Å². The standard InChI is InChI=1S/C12H26N2O/c1-5-7-9-14(8-6-2)11-10-13(4)12(3)15/h5-11H2,1-4H3. The van der Waals surface area contributed by atoms with Crippen LogP contribution in [0.1, 0.15) is 40.0 Å². The summed E-state index contributed by atoms with van der Waals surface area (Å²) in [4.78, 5) is 15.3. The molecule has 0 aliphatic carbocycles. The lowest BCUT2D eigenvalue weighted by atomic mass is 10.3. The third-order valence-corrected chi connectivity index (χ3v) is 2.66. The topological polar surface area (TPSA) is 23.6 Å². The fourth-order valence-electron chi connectivity index (χ4n) is 1.48. The summed E-state index contributed by atoms with van der Waals surface area (Å²) in [6.45, 7) is 10.2. The van der Waals surface area contributed by atoms with Crippen LogP contribution in [0.15, 0.2) is 0 Å². The van der Waals surface area contributed by atoms with E-state index < -0.39 is 0 Å². The maximum absolute atomic E-state index is 11.0. The predicted molar refractivity (Wildman–Crippen MR) is 65.0 cm³/mol. The molecule has 3 heteroatoms. The highest BCUT2D eigenvalue weighted by Crippen LogP contribution is 1.97. The van der Waals surface area contributed by atoms with Gasteiger partial charge in [-0.05, 0) is 25.9 Å². The third-order valence-electron chi connectivity index (χ3n) is 2.66. The molecule has 0 spiro atoms. The van der Waals surface area contributed by atoms with Crippen LogP contribution in [0.3, 0.4) is 0 Å². The van der Waals surface area contributed by atoms with Gasteiger partial charge in [-0.25, -0.2) is 0 Å². The average molecular weight is 214 g/mol. The molecule has 3 nitrogen and oxygen atoms in total. The third kappa shape index (κ3) is 7.37. The maximum atomic E-state index is 11.0. The molecule has 0 aromatic carbocycles. The monoisotopic (exact) mass is 214 g/mol. The Morgan fingerprint density at radius 1 is 1.00 bits per heavy atom. The minimum atomic E-state index is 0.155. The van der Waals surface area contributed by atoms with E-state index in [2.05, 4.69) is 18.7 Å². The zero-order valence-electron chi connectivity index (χ0n) is 10.8. The molecular formula is C12H26N2O. The van der Waals surface area contributed by atoms with Crippen LogP contribution in [0.5, 0.6) is 0 Å². The molecule has 0 aliphatic rings. The van der Waals surface area contributed by atoms with Gasteiger partial charge in [0.1, 0.15) is 0 Å². The molecule has 1 amide bonds. The van der Waals surface area contributed by atoms with Gasteiger partial charge < -0.3 is 9.80 Å². The van der Waals surface area contributed by atoms with Crippen molar-refractivity contribution in [2.45, 2.75) is 40.0 Å². The van der Waals surface area contributed by atoms with Crippen LogP contribution >= 0.6 is 0 Å². The summed E-state index contributed by atoms with van der Waals surface area (Å²) < 4.78 is 0. The van der Waals surface area contributed by atoms with Gasteiger partial charge in [0, 0.05) is 27.1 Å². The van der Waals surface area contributed by atoms with Gasteiger partial charge in [0.15, 0.2) is 0 Å². The Labute approximate surface area is 94.4 Å². The molecule has 0 N–H and O–H groups in total. The Balaban J connectivity index is 3.78. The number of rotatable bonds is 8. The van der Waals surface area contributed by atoms with E-state index in [1.54, 1.807) is 11.8 Å². The highest BCUT2D eigenvalue weighted by Gasteiger charge is 2.06. The Morgan fingerprint density at radius 3 is 2.13 bits per heavy atom. The lowest BCUT2D eigenvalue weighted by Gasteiger charge is -2.24. The van der Waals surface area contributed by atoms with E-state index in [1.165, 1.54) is 19.3 Å². The largest absolute Gasteiger partial charge is 0.345 e. The second kappa shape index (κ2) is 8.72. The van der Waals surface area contributed by atoms with Gasteiger partial charge in [0.2, 0.25) is 5.91 Å². The van der Waals surface area contributed by atoms with Gasteiger partial charge in [-0.3, -0.25) is 4.79 Å². The summed E-state index contributed by atoms with van der Waals surface area (Å²) in [6, 6.07) is 0. The molecule has 0 saturated carbocycles. The molecule has 0 saturated heterocycles. The van der Waals surface area contributed by atoms with Crippen LogP contribution in [-0.2, 0) is 4.79 Å². The maximum Gasteiger partial charge on any atom is 0.219 e. The summed E-state index contributed by atoms with van der Waals surface area (Å²) in [5.74, 6) is 0.155. The first kappa shape index (κ1) is 14.4. The minimum Gasteiger partial charge on any atom is -0.345 e. The quantitative estimate of drug-likeness (QED) is 0.617. The number of nitrogens with zero attached hydrogens (tertiary/aromatic N) is 2. The average Bonchev–Trinajstić information content (AvgIpc) is 2.21. The molecule has 0 unspecified atom stereocenters. The van der Waals surface area contributed by atoms with Gasteiger partial charge in [-0.1, -0.05) is 20.3 Å². The molecule has 15 heavy (non-hydrogen) atoms. The van der Waals surface area contributed by atoms with Gasteiger partial charge >= 0.3 is 0 Å². The molecule has 0 bridgehead atoms. The van der Waals surface area contributed by atoms with E-state index in [9.17, 15) is 4.79 Å².